The Balaban J connectivity index is 3.06. The molecule has 0 radical (unpaired) electrons. The summed E-state index contributed by atoms with van der Waals surface area (Å²) in [4.78, 5) is 23.4. The average molecular weight is 327 g/mol. The van der Waals surface area contributed by atoms with Crippen molar-refractivity contribution < 1.29 is 23.1 Å². The first-order valence-corrected chi connectivity index (χ1v) is 8.84. The Hall–Kier alpha value is -1.89. The van der Waals surface area contributed by atoms with E-state index < -0.39 is 27.8 Å². The summed E-state index contributed by atoms with van der Waals surface area (Å²) in [6, 6.07) is 4.80. The van der Waals surface area contributed by atoms with Crippen LogP contribution in [0.2, 0.25) is 0 Å². The van der Waals surface area contributed by atoms with Gasteiger partial charge in [0.2, 0.25) is 0 Å². The van der Waals surface area contributed by atoms with Crippen molar-refractivity contribution in [2.24, 2.45) is 0 Å². The second kappa shape index (κ2) is 7.93. The highest BCUT2D eigenvalue weighted by Crippen LogP contribution is 2.17. The van der Waals surface area contributed by atoms with Gasteiger partial charge in [0.1, 0.15) is 6.04 Å². The molecule has 122 valence electrons. The van der Waals surface area contributed by atoms with Crippen molar-refractivity contribution >= 4 is 21.7 Å². The molecule has 0 bridgehead atoms. The van der Waals surface area contributed by atoms with Gasteiger partial charge in [-0.05, 0) is 18.6 Å². The van der Waals surface area contributed by atoms with Crippen LogP contribution < -0.4 is 5.32 Å². The summed E-state index contributed by atoms with van der Waals surface area (Å²) >= 11 is 0. The predicted molar refractivity (Wildman–Crippen MR) is 82.6 cm³/mol. The number of unbranched alkanes of at least 4 members (excludes halogenated alkanes) is 1. The number of aliphatic carboxylic acids is 1. The average Bonchev–Trinajstić information content (AvgIpc) is 2.50. The number of carboxylic acid groups (broad SMARTS) is 1. The molecular formula is C15H21NO5S. The third kappa shape index (κ3) is 4.56. The summed E-state index contributed by atoms with van der Waals surface area (Å²) in [6.45, 7) is 3.41. The summed E-state index contributed by atoms with van der Waals surface area (Å²) in [7, 11) is -3.56. The molecule has 0 aliphatic rings. The zero-order chi connectivity index (χ0) is 16.8. The molecule has 0 fully saturated rings. The van der Waals surface area contributed by atoms with Crippen molar-refractivity contribution in [3.8, 4) is 0 Å². The molecule has 7 heteroatoms. The molecule has 0 saturated heterocycles. The van der Waals surface area contributed by atoms with E-state index in [-0.39, 0.29) is 16.2 Å². The van der Waals surface area contributed by atoms with Gasteiger partial charge in [-0.3, -0.25) is 4.79 Å². The van der Waals surface area contributed by atoms with Crippen molar-refractivity contribution in [1.82, 2.24) is 5.32 Å². The van der Waals surface area contributed by atoms with Gasteiger partial charge in [-0.25, -0.2) is 13.2 Å². The lowest BCUT2D eigenvalue weighted by atomic mass is 10.1. The van der Waals surface area contributed by atoms with Gasteiger partial charge in [0.15, 0.2) is 9.84 Å². The maximum Gasteiger partial charge on any atom is 0.326 e. The number of amides is 1. The van der Waals surface area contributed by atoms with E-state index in [2.05, 4.69) is 5.32 Å². The molecule has 1 rings (SSSR count). The van der Waals surface area contributed by atoms with E-state index in [0.717, 1.165) is 6.42 Å². The van der Waals surface area contributed by atoms with E-state index in [1.165, 1.54) is 25.1 Å². The molecule has 22 heavy (non-hydrogen) atoms. The molecule has 6 nitrogen and oxygen atoms in total. The van der Waals surface area contributed by atoms with E-state index in [9.17, 15) is 18.0 Å². The lowest BCUT2D eigenvalue weighted by Gasteiger charge is -2.15. The zero-order valence-electron chi connectivity index (χ0n) is 12.7. The summed E-state index contributed by atoms with van der Waals surface area (Å²) < 4.78 is 24.0. The van der Waals surface area contributed by atoms with Crippen molar-refractivity contribution in [1.29, 1.82) is 0 Å². The molecule has 0 aliphatic heterocycles. The number of sulfone groups is 1. The largest absolute Gasteiger partial charge is 0.480 e. The standard InChI is InChI=1S/C15H21NO5S/c1-3-5-9-12(15(18)19)16-14(17)11-8-6-7-10-13(11)22(20,21)4-2/h6-8,10,12H,3-5,9H2,1-2H3,(H,16,17)(H,18,19)/t12-/m0/s1. The Morgan fingerprint density at radius 2 is 1.86 bits per heavy atom. The smallest absolute Gasteiger partial charge is 0.326 e. The molecule has 0 aromatic heterocycles. The maximum atomic E-state index is 12.3. The zero-order valence-corrected chi connectivity index (χ0v) is 13.5. The quantitative estimate of drug-likeness (QED) is 0.759. The van der Waals surface area contributed by atoms with E-state index in [0.29, 0.717) is 12.8 Å². The monoisotopic (exact) mass is 327 g/mol. The lowest BCUT2D eigenvalue weighted by molar-refractivity contribution is -0.139. The van der Waals surface area contributed by atoms with Crippen LogP contribution in [0.3, 0.4) is 0 Å². The minimum atomic E-state index is -3.56. The van der Waals surface area contributed by atoms with Gasteiger partial charge >= 0.3 is 5.97 Å². The van der Waals surface area contributed by atoms with Gasteiger partial charge < -0.3 is 10.4 Å². The number of carbonyl (C=O) groups excluding carboxylic acids is 1. The van der Waals surface area contributed by atoms with E-state index in [1.807, 2.05) is 6.92 Å². The van der Waals surface area contributed by atoms with Crippen LogP contribution >= 0.6 is 0 Å². The van der Waals surface area contributed by atoms with Gasteiger partial charge in [-0.2, -0.15) is 0 Å². The number of hydrogen-bond donors (Lipinski definition) is 2. The van der Waals surface area contributed by atoms with Gasteiger partial charge in [0.25, 0.3) is 5.91 Å². The number of carboxylic acids is 1. The molecule has 2 N–H and O–H groups in total. The van der Waals surface area contributed by atoms with Gasteiger partial charge in [-0.15, -0.1) is 0 Å². The van der Waals surface area contributed by atoms with Crippen LogP contribution in [0.1, 0.15) is 43.5 Å². The number of nitrogens with one attached hydrogen (secondary N) is 1. The first-order chi connectivity index (χ1) is 10.3. The first kappa shape index (κ1) is 18.2. The van der Waals surface area contributed by atoms with Crippen molar-refractivity contribution in [3.63, 3.8) is 0 Å². The summed E-state index contributed by atoms with van der Waals surface area (Å²) in [5.74, 6) is -1.94. The fourth-order valence-electron chi connectivity index (χ4n) is 1.98. The summed E-state index contributed by atoms with van der Waals surface area (Å²) in [6.07, 6.45) is 1.77. The number of benzene rings is 1. The highest BCUT2D eigenvalue weighted by atomic mass is 32.2. The Morgan fingerprint density at radius 1 is 1.23 bits per heavy atom. The Labute approximate surface area is 130 Å². The van der Waals surface area contributed by atoms with Crippen LogP contribution in [0.4, 0.5) is 0 Å². The van der Waals surface area contributed by atoms with Gasteiger partial charge in [0, 0.05) is 0 Å². The third-order valence-corrected chi connectivity index (χ3v) is 5.08. The number of rotatable bonds is 8. The van der Waals surface area contributed by atoms with Crippen molar-refractivity contribution in [2.45, 2.75) is 44.0 Å². The molecule has 0 spiro atoms. The topological polar surface area (TPSA) is 101 Å². The molecular weight excluding hydrogens is 306 g/mol. The van der Waals surface area contributed by atoms with E-state index >= 15 is 0 Å². The fourth-order valence-corrected chi connectivity index (χ4v) is 3.08. The highest BCUT2D eigenvalue weighted by Gasteiger charge is 2.24. The molecule has 1 amide bonds. The van der Waals surface area contributed by atoms with Crippen LogP contribution in [0.5, 0.6) is 0 Å². The number of carbonyl (C=O) groups is 2. The lowest BCUT2D eigenvalue weighted by Crippen LogP contribution is -2.41. The third-order valence-electron chi connectivity index (χ3n) is 3.30. The van der Waals surface area contributed by atoms with Crippen LogP contribution in [0.25, 0.3) is 0 Å². The second-order valence-corrected chi connectivity index (χ2v) is 7.15. The molecule has 0 unspecified atom stereocenters. The van der Waals surface area contributed by atoms with Crippen LogP contribution in [0, 0.1) is 0 Å². The van der Waals surface area contributed by atoms with E-state index in [4.69, 9.17) is 5.11 Å². The second-order valence-electron chi connectivity index (χ2n) is 4.91. The van der Waals surface area contributed by atoms with Crippen molar-refractivity contribution in [3.05, 3.63) is 29.8 Å². The first-order valence-electron chi connectivity index (χ1n) is 7.19. The van der Waals surface area contributed by atoms with Crippen LogP contribution in [-0.4, -0.2) is 37.2 Å². The minimum absolute atomic E-state index is 0.0212. The highest BCUT2D eigenvalue weighted by molar-refractivity contribution is 7.91. The van der Waals surface area contributed by atoms with Crippen LogP contribution in [-0.2, 0) is 14.6 Å². The molecule has 0 heterocycles. The Bertz CT molecular complexity index is 639. The maximum absolute atomic E-state index is 12.3. The SMILES string of the molecule is CCCC[C@H](NC(=O)c1ccccc1S(=O)(=O)CC)C(=O)O. The Kier molecular flexibility index (Phi) is 6.55. The summed E-state index contributed by atoms with van der Waals surface area (Å²) in [5.41, 5.74) is -0.0212. The fraction of sp³-hybridized carbons (Fsp3) is 0.467. The minimum Gasteiger partial charge on any atom is -0.480 e. The summed E-state index contributed by atoms with van der Waals surface area (Å²) in [5, 5.41) is 11.5. The van der Waals surface area contributed by atoms with Crippen LogP contribution in [0.15, 0.2) is 29.2 Å². The molecule has 1 aromatic rings. The molecule has 0 saturated carbocycles. The van der Waals surface area contributed by atoms with Crippen molar-refractivity contribution in [2.75, 3.05) is 5.75 Å². The van der Waals surface area contributed by atoms with Gasteiger partial charge in [0.05, 0.1) is 16.2 Å². The molecule has 1 atom stereocenters. The normalized spacial score (nSPS) is 12.6. The molecule has 0 aliphatic carbocycles. The van der Waals surface area contributed by atoms with E-state index in [1.54, 1.807) is 6.07 Å². The predicted octanol–water partition coefficient (Wildman–Crippen LogP) is 1.85. The van der Waals surface area contributed by atoms with Gasteiger partial charge in [-0.1, -0.05) is 38.8 Å². The Morgan fingerprint density at radius 3 is 2.41 bits per heavy atom. The molecule has 1 aromatic carbocycles. The number of hydrogen-bond acceptors (Lipinski definition) is 4.